The molecule has 0 atom stereocenters. The van der Waals surface area contributed by atoms with Gasteiger partial charge >= 0.3 is 0 Å². The zero-order valence-corrected chi connectivity index (χ0v) is 12.2. The first kappa shape index (κ1) is 15.5. The third kappa shape index (κ3) is 3.49. The molecule has 0 saturated heterocycles. The number of nitrogens with zero attached hydrogens (tertiary/aromatic N) is 2. The average Bonchev–Trinajstić information content (AvgIpc) is 2.63. The van der Waals surface area contributed by atoms with Crippen molar-refractivity contribution in [3.05, 3.63) is 16.8 Å². The van der Waals surface area contributed by atoms with Gasteiger partial charge in [0, 0.05) is 26.0 Å². The molecule has 1 heterocycles. The van der Waals surface area contributed by atoms with Crippen molar-refractivity contribution in [2.75, 3.05) is 24.9 Å². The molecule has 0 aliphatic rings. The van der Waals surface area contributed by atoms with E-state index in [2.05, 4.69) is 11.4 Å². The van der Waals surface area contributed by atoms with Crippen LogP contribution in [0, 0.1) is 25.2 Å². The van der Waals surface area contributed by atoms with Gasteiger partial charge in [0.25, 0.3) is 0 Å². The Bertz CT molecular complexity index is 503. The molecule has 0 radical (unpaired) electrons. The Balaban J connectivity index is 3.12. The van der Waals surface area contributed by atoms with Gasteiger partial charge in [-0.1, -0.05) is 0 Å². The molecule has 0 bridgehead atoms. The fourth-order valence-corrected chi connectivity index (χ4v) is 2.01. The van der Waals surface area contributed by atoms with Crippen LogP contribution in [0.3, 0.4) is 0 Å². The maximum Gasteiger partial charge on any atom is 0.240 e. The number of methoxy groups -OCH3 is 1. The van der Waals surface area contributed by atoms with Crippen molar-refractivity contribution < 1.29 is 9.53 Å². The van der Waals surface area contributed by atoms with Gasteiger partial charge < -0.3 is 14.6 Å². The van der Waals surface area contributed by atoms with Gasteiger partial charge in [0.15, 0.2) is 0 Å². The molecule has 0 aliphatic carbocycles. The number of ether oxygens (including phenoxy) is 1. The van der Waals surface area contributed by atoms with Crippen molar-refractivity contribution in [1.29, 1.82) is 5.26 Å². The summed E-state index contributed by atoms with van der Waals surface area (Å²) in [4.78, 5) is 11.5. The van der Waals surface area contributed by atoms with Gasteiger partial charge in [-0.3, -0.25) is 4.79 Å². The first-order valence-corrected chi connectivity index (χ1v) is 6.54. The van der Waals surface area contributed by atoms with Crippen LogP contribution in [-0.4, -0.2) is 30.1 Å². The second-order valence-corrected chi connectivity index (χ2v) is 4.49. The van der Waals surface area contributed by atoms with E-state index in [4.69, 9.17) is 16.3 Å². The molecule has 1 rings (SSSR count). The molecule has 0 saturated carbocycles. The topological polar surface area (TPSA) is 67.1 Å². The van der Waals surface area contributed by atoms with E-state index in [-0.39, 0.29) is 11.8 Å². The second-order valence-electron chi connectivity index (χ2n) is 4.23. The summed E-state index contributed by atoms with van der Waals surface area (Å²) in [6.45, 7) is 5.11. The molecule has 1 N–H and O–H groups in total. The Hall–Kier alpha value is -1.51. The Morgan fingerprint density at radius 1 is 1.53 bits per heavy atom. The highest BCUT2D eigenvalue weighted by Crippen LogP contribution is 2.26. The van der Waals surface area contributed by atoms with E-state index in [1.807, 2.05) is 18.4 Å². The van der Waals surface area contributed by atoms with Crippen molar-refractivity contribution in [2.45, 2.75) is 26.8 Å². The molecule has 19 heavy (non-hydrogen) atoms. The molecule has 6 heteroatoms. The molecule has 0 spiro atoms. The van der Waals surface area contributed by atoms with E-state index in [1.165, 1.54) is 0 Å². The van der Waals surface area contributed by atoms with Crippen LogP contribution < -0.4 is 5.32 Å². The molecular weight excluding hydrogens is 266 g/mol. The quantitative estimate of drug-likeness (QED) is 0.643. The number of hydrogen-bond donors (Lipinski definition) is 1. The molecule has 5 nitrogen and oxygen atoms in total. The van der Waals surface area contributed by atoms with Crippen LogP contribution in [-0.2, 0) is 16.1 Å². The number of hydrogen-bond acceptors (Lipinski definition) is 3. The maximum absolute atomic E-state index is 11.5. The summed E-state index contributed by atoms with van der Waals surface area (Å²) >= 11 is 5.50. The summed E-state index contributed by atoms with van der Waals surface area (Å²) in [6.07, 6.45) is 0.806. The predicted molar refractivity (Wildman–Crippen MR) is 74.5 cm³/mol. The maximum atomic E-state index is 11.5. The van der Waals surface area contributed by atoms with Crippen LogP contribution >= 0.6 is 11.6 Å². The Kier molecular flexibility index (Phi) is 5.87. The van der Waals surface area contributed by atoms with Gasteiger partial charge in [-0.2, -0.15) is 5.26 Å². The fourth-order valence-electron chi connectivity index (χ4n) is 1.94. The van der Waals surface area contributed by atoms with Crippen LogP contribution in [0.15, 0.2) is 0 Å². The Labute approximate surface area is 118 Å². The third-order valence-corrected chi connectivity index (χ3v) is 3.29. The van der Waals surface area contributed by atoms with E-state index >= 15 is 0 Å². The zero-order chi connectivity index (χ0) is 14.4. The van der Waals surface area contributed by atoms with Crippen LogP contribution in [0.5, 0.6) is 0 Å². The molecule has 0 aliphatic heterocycles. The molecule has 0 fully saturated rings. The standard InChI is InChI=1S/C13H18ClN3O2/c1-9-10(2)17(5-4-6-19-3)13(11(9)8-15)16-12(18)7-14/h4-7H2,1-3H3,(H,16,18). The normalized spacial score (nSPS) is 10.3. The number of carbonyl (C=O) groups is 1. The van der Waals surface area contributed by atoms with E-state index < -0.39 is 0 Å². The lowest BCUT2D eigenvalue weighted by atomic mass is 10.2. The molecule has 0 aromatic carbocycles. The molecule has 1 aromatic rings. The first-order chi connectivity index (χ1) is 9.06. The van der Waals surface area contributed by atoms with Crippen LogP contribution in [0.25, 0.3) is 0 Å². The second kappa shape index (κ2) is 7.17. The number of nitrogens with one attached hydrogen (secondary N) is 1. The SMILES string of the molecule is COCCCn1c(C)c(C)c(C#N)c1NC(=O)CCl. The van der Waals surface area contributed by atoms with Gasteiger partial charge in [0.2, 0.25) is 5.91 Å². The van der Waals surface area contributed by atoms with Crippen molar-refractivity contribution in [2.24, 2.45) is 0 Å². The lowest BCUT2D eigenvalue weighted by Gasteiger charge is -2.12. The van der Waals surface area contributed by atoms with Crippen LogP contribution in [0.2, 0.25) is 0 Å². The van der Waals surface area contributed by atoms with E-state index in [1.54, 1.807) is 7.11 Å². The highest BCUT2D eigenvalue weighted by Gasteiger charge is 2.18. The van der Waals surface area contributed by atoms with E-state index in [0.29, 0.717) is 24.5 Å². The van der Waals surface area contributed by atoms with Crippen LogP contribution in [0.4, 0.5) is 5.82 Å². The van der Waals surface area contributed by atoms with Crippen molar-refractivity contribution in [3.63, 3.8) is 0 Å². The summed E-state index contributed by atoms with van der Waals surface area (Å²) in [5.41, 5.74) is 2.34. The number of nitriles is 1. The van der Waals surface area contributed by atoms with Gasteiger partial charge in [-0.05, 0) is 25.8 Å². The molecule has 1 aromatic heterocycles. The van der Waals surface area contributed by atoms with Gasteiger partial charge in [0.05, 0.1) is 5.56 Å². The van der Waals surface area contributed by atoms with E-state index in [0.717, 1.165) is 17.7 Å². The summed E-state index contributed by atoms with van der Waals surface area (Å²) in [5.74, 6) is 0.0783. The fraction of sp³-hybridized carbons (Fsp3) is 0.538. The largest absolute Gasteiger partial charge is 0.385 e. The van der Waals surface area contributed by atoms with Crippen LogP contribution in [0.1, 0.15) is 23.2 Å². The van der Waals surface area contributed by atoms with Crippen molar-refractivity contribution in [1.82, 2.24) is 4.57 Å². The number of halogens is 1. The third-order valence-electron chi connectivity index (χ3n) is 3.05. The number of aromatic nitrogens is 1. The molecule has 1 amide bonds. The van der Waals surface area contributed by atoms with Gasteiger partial charge in [0.1, 0.15) is 17.8 Å². The van der Waals surface area contributed by atoms with Gasteiger partial charge in [-0.25, -0.2) is 0 Å². The smallest absolute Gasteiger partial charge is 0.240 e. The highest BCUT2D eigenvalue weighted by atomic mass is 35.5. The van der Waals surface area contributed by atoms with E-state index in [9.17, 15) is 10.1 Å². The average molecular weight is 284 g/mol. The minimum atomic E-state index is -0.316. The minimum Gasteiger partial charge on any atom is -0.385 e. The first-order valence-electron chi connectivity index (χ1n) is 6.01. The summed E-state index contributed by atoms with van der Waals surface area (Å²) in [6, 6.07) is 2.14. The predicted octanol–water partition coefficient (Wildman–Crippen LogP) is 2.19. The number of carbonyl (C=O) groups excluding carboxylic acids is 1. The number of rotatable bonds is 6. The number of anilines is 1. The minimum absolute atomic E-state index is 0.133. The number of amides is 1. The molecule has 0 unspecified atom stereocenters. The zero-order valence-electron chi connectivity index (χ0n) is 11.4. The summed E-state index contributed by atoms with van der Waals surface area (Å²) < 4.78 is 6.95. The summed E-state index contributed by atoms with van der Waals surface area (Å²) in [5, 5.41) is 11.9. The highest BCUT2D eigenvalue weighted by molar-refractivity contribution is 6.29. The van der Waals surface area contributed by atoms with Crippen molar-refractivity contribution >= 4 is 23.3 Å². The number of alkyl halides is 1. The Morgan fingerprint density at radius 2 is 2.21 bits per heavy atom. The van der Waals surface area contributed by atoms with Crippen molar-refractivity contribution in [3.8, 4) is 6.07 Å². The molecular formula is C13H18ClN3O2. The van der Waals surface area contributed by atoms with Gasteiger partial charge in [-0.15, -0.1) is 11.6 Å². The lowest BCUT2D eigenvalue weighted by molar-refractivity contribution is -0.114. The lowest BCUT2D eigenvalue weighted by Crippen LogP contribution is -2.17. The summed E-state index contributed by atoms with van der Waals surface area (Å²) in [7, 11) is 1.64. The monoisotopic (exact) mass is 283 g/mol. The Morgan fingerprint density at radius 3 is 2.74 bits per heavy atom. The molecule has 104 valence electrons.